The van der Waals surface area contributed by atoms with Crippen LogP contribution in [0.5, 0.6) is 0 Å². The molecule has 0 saturated heterocycles. The monoisotopic (exact) mass is 1470 g/mol. The molecule has 0 saturated carbocycles. The first kappa shape index (κ1) is 97.4. The van der Waals surface area contributed by atoms with E-state index in [0.717, 1.165) is 205 Å². The fraction of sp³-hybridized carbons (Fsp3) is 0.588. The topological polar surface area (TPSA) is 231 Å². The summed E-state index contributed by atoms with van der Waals surface area (Å²) in [6, 6.07) is 0. The molecule has 0 rings (SSSR count). The highest BCUT2D eigenvalue weighted by Gasteiger charge is 2.29. The van der Waals surface area contributed by atoms with Crippen molar-refractivity contribution in [2.45, 2.75) is 283 Å². The number of allylic oxidation sites excluding steroid dienone is 32. The molecular formula is C85H136O16P2. The maximum atomic E-state index is 13.0. The van der Waals surface area contributed by atoms with Crippen LogP contribution < -0.4 is 0 Å². The predicted octanol–water partition coefficient (Wildman–Crippen LogP) is 22.8. The first-order chi connectivity index (χ1) is 50.2. The Hall–Kier alpha value is -5.61. The maximum absolute atomic E-state index is 13.0. The van der Waals surface area contributed by atoms with Crippen molar-refractivity contribution in [3.05, 3.63) is 194 Å². The average Bonchev–Trinajstić information content (AvgIpc) is 0.922. The van der Waals surface area contributed by atoms with E-state index in [9.17, 15) is 43.5 Å². The van der Waals surface area contributed by atoms with Crippen molar-refractivity contribution in [1.29, 1.82) is 0 Å². The normalized spacial score (nSPS) is 15.1. The number of aliphatic hydroxyl groups excluding tert-OH is 2. The number of hydrogen-bond donors (Lipinski definition) is 4. The Kier molecular flexibility index (Phi) is 71.9. The molecule has 16 nitrogen and oxygen atoms in total. The van der Waals surface area contributed by atoms with Crippen LogP contribution in [-0.2, 0) is 55.8 Å². The Bertz CT molecular complexity index is 2650. The van der Waals surface area contributed by atoms with Gasteiger partial charge in [-0.2, -0.15) is 0 Å². The van der Waals surface area contributed by atoms with E-state index in [0.29, 0.717) is 19.3 Å². The van der Waals surface area contributed by atoms with E-state index >= 15 is 0 Å². The van der Waals surface area contributed by atoms with E-state index in [-0.39, 0.29) is 19.3 Å². The van der Waals surface area contributed by atoms with Crippen LogP contribution in [0.4, 0.5) is 0 Å². The Morgan fingerprint density at radius 3 is 0.767 bits per heavy atom. The summed E-state index contributed by atoms with van der Waals surface area (Å²) in [6.45, 7) is 2.25. The largest absolute Gasteiger partial charge is 0.472 e. The Balaban J connectivity index is 4.75. The standard InChI is InChI=1S/C85H136O16P2/c1-4-7-10-13-16-19-22-25-28-31-34-36-38-39-41-43-45-47-50-53-56-59-62-65-68-71-83(88)95-74-80(86)75-97-102(91,92)98-76-81(87)77-99-103(93,94)100-79-82(101-85(90)73-70-67-64-61-58-55-52-49-44-33-30-27-24-21-18-15-12-9-6-3)78-96-84(89)72-69-66-63-60-57-54-51-48-46-42-40-37-35-32-29-26-23-20-17-14-11-8-5-2/h7-12,16-21,25-30,34-37,39,41-42,44-47,49,51,54,80-82,86-87H,4-6,13-15,22-24,31-33,38,40,43,48,50,52-53,55-79H2,1-3H3,(H,91,92)(H,93,94)/b10-7-,11-8-,12-9-,19-16-,20-17-,21-18-,28-25-,29-26-,30-27-,36-34-,37-35-,41-39-,46-42-,47-45-,49-44-,54-51-. The molecule has 0 aromatic rings. The lowest BCUT2D eigenvalue weighted by Crippen LogP contribution is -2.30. The van der Waals surface area contributed by atoms with Gasteiger partial charge in [-0.05, 0) is 161 Å². The second-order valence-corrected chi connectivity index (χ2v) is 27.9. The highest BCUT2D eigenvalue weighted by Crippen LogP contribution is 2.45. The molecule has 103 heavy (non-hydrogen) atoms. The summed E-state index contributed by atoms with van der Waals surface area (Å²) in [5.41, 5.74) is 0. The molecule has 0 aromatic heterocycles. The number of rotatable bonds is 71. The third kappa shape index (κ3) is 77.3. The Morgan fingerprint density at radius 2 is 0.485 bits per heavy atom. The molecule has 0 heterocycles. The molecule has 0 spiro atoms. The zero-order valence-electron chi connectivity index (χ0n) is 63.4. The number of carbonyl (C=O) groups is 3. The lowest BCUT2D eigenvalue weighted by molar-refractivity contribution is -0.161. The third-order valence-corrected chi connectivity index (χ3v) is 17.2. The number of phosphoric ester groups is 2. The zero-order valence-corrected chi connectivity index (χ0v) is 65.2. The van der Waals surface area contributed by atoms with E-state index in [1.807, 2.05) is 0 Å². The second kappa shape index (κ2) is 76.1. The van der Waals surface area contributed by atoms with Gasteiger partial charge in [0.05, 0.1) is 26.4 Å². The number of ether oxygens (including phenoxy) is 3. The Morgan fingerprint density at radius 1 is 0.272 bits per heavy atom. The van der Waals surface area contributed by atoms with Crippen LogP contribution in [0.2, 0.25) is 0 Å². The number of esters is 3. The molecule has 0 amide bonds. The predicted molar refractivity (Wildman–Crippen MR) is 426 cm³/mol. The smallest absolute Gasteiger partial charge is 0.463 e. The van der Waals surface area contributed by atoms with Crippen LogP contribution in [0.15, 0.2) is 194 Å². The molecule has 0 aromatic carbocycles. The van der Waals surface area contributed by atoms with Gasteiger partial charge in [-0.15, -0.1) is 0 Å². The lowest BCUT2D eigenvalue weighted by Gasteiger charge is -2.21. The van der Waals surface area contributed by atoms with Crippen LogP contribution in [0.1, 0.15) is 265 Å². The second-order valence-electron chi connectivity index (χ2n) is 25.0. The molecule has 5 atom stereocenters. The van der Waals surface area contributed by atoms with E-state index < -0.39 is 91.5 Å². The molecule has 0 aliphatic heterocycles. The average molecular weight is 1480 g/mol. The molecule has 4 N–H and O–H groups in total. The number of aliphatic hydroxyl groups is 2. The molecule has 582 valence electrons. The fourth-order valence-corrected chi connectivity index (χ4v) is 11.1. The molecule has 0 bridgehead atoms. The van der Waals surface area contributed by atoms with E-state index in [1.165, 1.54) is 0 Å². The number of hydrogen-bond acceptors (Lipinski definition) is 14. The summed E-state index contributed by atoms with van der Waals surface area (Å²) in [6.07, 6.45) is 98.9. The zero-order chi connectivity index (χ0) is 75.2. The molecule has 0 aliphatic rings. The number of unbranched alkanes of at least 4 members (excludes halogenated alkanes) is 16. The fourth-order valence-electron chi connectivity index (χ4n) is 9.51. The molecular weight excluding hydrogens is 1340 g/mol. The van der Waals surface area contributed by atoms with Crippen molar-refractivity contribution in [2.24, 2.45) is 0 Å². The van der Waals surface area contributed by atoms with Gasteiger partial charge in [0.15, 0.2) is 6.10 Å². The summed E-state index contributed by atoms with van der Waals surface area (Å²) in [4.78, 5) is 58.7. The summed E-state index contributed by atoms with van der Waals surface area (Å²) < 4.78 is 61.1. The minimum absolute atomic E-state index is 0.0735. The summed E-state index contributed by atoms with van der Waals surface area (Å²) in [7, 11) is -9.83. The van der Waals surface area contributed by atoms with Gasteiger partial charge in [-0.3, -0.25) is 32.5 Å². The van der Waals surface area contributed by atoms with Gasteiger partial charge in [-0.1, -0.05) is 279 Å². The van der Waals surface area contributed by atoms with Gasteiger partial charge < -0.3 is 34.2 Å². The van der Waals surface area contributed by atoms with Crippen LogP contribution in [0.3, 0.4) is 0 Å². The van der Waals surface area contributed by atoms with Crippen molar-refractivity contribution in [3.8, 4) is 0 Å². The van der Waals surface area contributed by atoms with E-state index in [2.05, 4.69) is 215 Å². The highest BCUT2D eigenvalue weighted by atomic mass is 31.2. The summed E-state index contributed by atoms with van der Waals surface area (Å²) in [5, 5.41) is 20.6. The number of phosphoric acid groups is 2. The van der Waals surface area contributed by atoms with Gasteiger partial charge in [0, 0.05) is 19.3 Å². The first-order valence-corrected chi connectivity index (χ1v) is 41.7. The minimum Gasteiger partial charge on any atom is -0.463 e. The summed E-state index contributed by atoms with van der Waals surface area (Å²) >= 11 is 0. The van der Waals surface area contributed by atoms with Gasteiger partial charge >= 0.3 is 33.6 Å². The van der Waals surface area contributed by atoms with Gasteiger partial charge in [0.25, 0.3) is 0 Å². The SMILES string of the molecule is CC/C=C\C/C=C\C/C=C\C/C=C\C/C=C\C/C=C\CCCCCCCCC(=O)OCC(O)COP(=O)(O)OCC(O)COP(=O)(O)OCC(COC(=O)CCCCCC/C=C\C/C=C\C/C=C\C/C=C\C/C=C\C/C=C\CC)OC(=O)CCCCCCCC/C=C\C/C=C\C/C=C\C/C=C\CC. The Labute approximate surface area is 623 Å². The van der Waals surface area contributed by atoms with Gasteiger partial charge in [-0.25, -0.2) is 9.13 Å². The van der Waals surface area contributed by atoms with Crippen molar-refractivity contribution >= 4 is 33.6 Å². The minimum atomic E-state index is -4.95. The molecule has 0 fully saturated rings. The van der Waals surface area contributed by atoms with Crippen LogP contribution >= 0.6 is 15.6 Å². The molecule has 0 aliphatic carbocycles. The highest BCUT2D eigenvalue weighted by molar-refractivity contribution is 7.47. The maximum Gasteiger partial charge on any atom is 0.472 e. The quantitative estimate of drug-likeness (QED) is 0.0146. The van der Waals surface area contributed by atoms with Crippen molar-refractivity contribution in [2.75, 3.05) is 39.6 Å². The van der Waals surface area contributed by atoms with Crippen molar-refractivity contribution < 1.29 is 75.8 Å². The van der Waals surface area contributed by atoms with Crippen molar-refractivity contribution in [3.63, 3.8) is 0 Å². The molecule has 18 heteroatoms. The first-order valence-electron chi connectivity index (χ1n) is 38.7. The van der Waals surface area contributed by atoms with Crippen molar-refractivity contribution in [1.82, 2.24) is 0 Å². The molecule has 5 unspecified atom stereocenters. The van der Waals surface area contributed by atoms with E-state index in [4.69, 9.17) is 32.3 Å². The molecule has 0 radical (unpaired) electrons. The van der Waals surface area contributed by atoms with E-state index in [1.54, 1.807) is 0 Å². The van der Waals surface area contributed by atoms with Crippen LogP contribution in [0, 0.1) is 0 Å². The van der Waals surface area contributed by atoms with Crippen LogP contribution in [0.25, 0.3) is 0 Å². The van der Waals surface area contributed by atoms with Crippen LogP contribution in [-0.4, -0.2) is 95.9 Å². The third-order valence-electron chi connectivity index (χ3n) is 15.3. The number of carbonyl (C=O) groups excluding carboxylic acids is 3. The lowest BCUT2D eigenvalue weighted by atomic mass is 10.1. The van der Waals surface area contributed by atoms with Gasteiger partial charge in [0.1, 0.15) is 25.4 Å². The summed E-state index contributed by atoms with van der Waals surface area (Å²) in [5.74, 6) is -1.65. The van der Waals surface area contributed by atoms with Gasteiger partial charge in [0.2, 0.25) is 0 Å².